The summed E-state index contributed by atoms with van der Waals surface area (Å²) in [5.74, 6) is -1.80. The van der Waals surface area contributed by atoms with Gasteiger partial charge in [0.1, 0.15) is 6.04 Å². The molecule has 0 spiro atoms. The van der Waals surface area contributed by atoms with Crippen molar-refractivity contribution in [1.82, 2.24) is 9.47 Å². The average Bonchev–Trinajstić information content (AvgIpc) is 2.91. The summed E-state index contributed by atoms with van der Waals surface area (Å²) in [6, 6.07) is 4.85. The van der Waals surface area contributed by atoms with Crippen molar-refractivity contribution in [2.75, 3.05) is 26.3 Å². The summed E-state index contributed by atoms with van der Waals surface area (Å²) >= 11 is 3.43. The molecule has 2 heterocycles. The van der Waals surface area contributed by atoms with E-state index in [2.05, 4.69) is 15.9 Å². The minimum absolute atomic E-state index is 0.0228. The predicted molar refractivity (Wildman–Crippen MR) is 94.7 cm³/mol. The second-order valence-corrected chi connectivity index (χ2v) is 6.89. The molecule has 0 saturated carbocycles. The van der Waals surface area contributed by atoms with Gasteiger partial charge in [-0.15, -0.1) is 0 Å². The van der Waals surface area contributed by atoms with Crippen LogP contribution in [0.25, 0.3) is 10.9 Å². The average molecular weight is 411 g/mol. The van der Waals surface area contributed by atoms with E-state index < -0.39 is 18.0 Å². The number of carbonyl (C=O) groups is 2. The normalized spacial score (nSPS) is 16.8. The first-order chi connectivity index (χ1) is 12.0. The lowest BCUT2D eigenvalue weighted by Gasteiger charge is -2.31. The van der Waals surface area contributed by atoms with E-state index in [9.17, 15) is 14.7 Å². The van der Waals surface area contributed by atoms with Crippen molar-refractivity contribution in [2.24, 2.45) is 0 Å². The lowest BCUT2D eigenvalue weighted by Crippen LogP contribution is -2.42. The molecule has 1 aliphatic heterocycles. The molecule has 3 rings (SSSR count). The number of nitrogens with zero attached hydrogens (tertiary/aromatic N) is 2. The van der Waals surface area contributed by atoms with Crippen molar-refractivity contribution in [3.8, 4) is 0 Å². The van der Waals surface area contributed by atoms with E-state index >= 15 is 0 Å². The Morgan fingerprint density at radius 1 is 1.24 bits per heavy atom. The maximum atomic E-state index is 12.0. The van der Waals surface area contributed by atoms with Gasteiger partial charge in [0, 0.05) is 46.8 Å². The van der Waals surface area contributed by atoms with Crippen molar-refractivity contribution >= 4 is 38.8 Å². The van der Waals surface area contributed by atoms with Gasteiger partial charge in [-0.05, 0) is 12.1 Å². The van der Waals surface area contributed by atoms with Crippen molar-refractivity contribution in [1.29, 1.82) is 0 Å². The zero-order chi connectivity index (χ0) is 18.0. The summed E-state index contributed by atoms with van der Waals surface area (Å²) in [6.45, 7) is 2.41. The molecule has 7 nitrogen and oxygen atoms in total. The van der Waals surface area contributed by atoms with E-state index in [1.54, 1.807) is 6.20 Å². The number of fused-ring (bicyclic) bond motifs is 1. The van der Waals surface area contributed by atoms with E-state index in [4.69, 9.17) is 9.84 Å². The number of hydrogen-bond donors (Lipinski definition) is 2. The number of morpholine rings is 1. The van der Waals surface area contributed by atoms with Crippen LogP contribution in [0.2, 0.25) is 0 Å². The third kappa shape index (κ3) is 3.86. The predicted octanol–water partition coefficient (Wildman–Crippen LogP) is 2.34. The van der Waals surface area contributed by atoms with Crippen molar-refractivity contribution in [3.05, 3.63) is 34.4 Å². The summed E-state index contributed by atoms with van der Waals surface area (Å²) < 4.78 is 8.01. The Balaban J connectivity index is 2.06. The minimum atomic E-state index is -0.915. The molecule has 1 atom stereocenters. The molecule has 2 N–H and O–H groups in total. The lowest BCUT2D eigenvalue weighted by atomic mass is 10.0. The molecule has 1 saturated heterocycles. The Bertz CT molecular complexity index is 798. The first kappa shape index (κ1) is 17.9. The molecular weight excluding hydrogens is 392 g/mol. The highest BCUT2D eigenvalue weighted by Crippen LogP contribution is 2.32. The smallest absolute Gasteiger partial charge is 0.325 e. The van der Waals surface area contributed by atoms with Crippen LogP contribution in [0, 0.1) is 0 Å². The molecule has 1 aliphatic rings. The maximum absolute atomic E-state index is 12.0. The first-order valence-electron chi connectivity index (χ1n) is 8.02. The van der Waals surface area contributed by atoms with Crippen LogP contribution in [0.5, 0.6) is 0 Å². The second-order valence-electron chi connectivity index (χ2n) is 5.97. The van der Waals surface area contributed by atoms with Crippen LogP contribution >= 0.6 is 15.9 Å². The van der Waals surface area contributed by atoms with Crippen LogP contribution < -0.4 is 0 Å². The Hall–Kier alpha value is -1.90. The van der Waals surface area contributed by atoms with Gasteiger partial charge in [-0.3, -0.25) is 14.5 Å². The van der Waals surface area contributed by atoms with Crippen LogP contribution in [0.1, 0.15) is 18.0 Å². The molecule has 25 heavy (non-hydrogen) atoms. The van der Waals surface area contributed by atoms with Crippen LogP contribution in [0.3, 0.4) is 0 Å². The summed E-state index contributed by atoms with van der Waals surface area (Å²) in [4.78, 5) is 24.8. The van der Waals surface area contributed by atoms with Gasteiger partial charge in [0.2, 0.25) is 0 Å². The summed E-state index contributed by atoms with van der Waals surface area (Å²) in [5.41, 5.74) is 1.51. The number of rotatable bonds is 6. The van der Waals surface area contributed by atoms with E-state index in [1.807, 2.05) is 27.7 Å². The maximum Gasteiger partial charge on any atom is 0.325 e. The first-order valence-corrected chi connectivity index (χ1v) is 8.81. The molecule has 0 bridgehead atoms. The molecule has 8 heteroatoms. The van der Waals surface area contributed by atoms with Gasteiger partial charge in [-0.25, -0.2) is 0 Å². The number of ether oxygens (including phenoxy) is 1. The fourth-order valence-electron chi connectivity index (χ4n) is 3.23. The van der Waals surface area contributed by atoms with Gasteiger partial charge < -0.3 is 19.5 Å². The standard InChI is InChI=1S/C17H19BrN2O5/c18-11-1-2-12-13(10-20(14(12)9-11)4-3-15(21)22)16(17(23)24)19-5-7-25-8-6-19/h1-2,9-10,16H,3-8H2,(H,21,22)(H,23,24). The molecule has 1 fully saturated rings. The van der Waals surface area contributed by atoms with Crippen molar-refractivity contribution in [2.45, 2.75) is 19.0 Å². The molecule has 0 amide bonds. The molecule has 2 aromatic rings. The minimum Gasteiger partial charge on any atom is -0.481 e. The Labute approximate surface area is 152 Å². The highest BCUT2D eigenvalue weighted by molar-refractivity contribution is 9.10. The van der Waals surface area contributed by atoms with E-state index in [1.165, 1.54) is 0 Å². The van der Waals surface area contributed by atoms with Gasteiger partial charge in [-0.2, -0.15) is 0 Å². The number of aliphatic carboxylic acids is 2. The fraction of sp³-hybridized carbons (Fsp3) is 0.412. The largest absolute Gasteiger partial charge is 0.481 e. The molecular formula is C17H19BrN2O5. The number of aryl methyl sites for hydroxylation is 1. The van der Waals surface area contributed by atoms with E-state index in [0.717, 1.165) is 15.4 Å². The number of hydrogen-bond acceptors (Lipinski definition) is 4. The highest BCUT2D eigenvalue weighted by atomic mass is 79.9. The Morgan fingerprint density at radius 3 is 2.60 bits per heavy atom. The number of carboxylic acids is 2. The zero-order valence-corrected chi connectivity index (χ0v) is 15.1. The fourth-order valence-corrected chi connectivity index (χ4v) is 3.58. The Kier molecular flexibility index (Phi) is 5.41. The molecule has 0 aliphatic carbocycles. The summed E-state index contributed by atoms with van der Waals surface area (Å²) in [7, 11) is 0. The SMILES string of the molecule is O=C(O)CCn1cc(C(C(=O)O)N2CCOCC2)c2ccc(Br)cc21. The number of benzene rings is 1. The highest BCUT2D eigenvalue weighted by Gasteiger charge is 2.31. The van der Waals surface area contributed by atoms with E-state index in [0.29, 0.717) is 31.9 Å². The summed E-state index contributed by atoms with van der Waals surface area (Å²) in [5, 5.41) is 19.6. The number of carboxylic acid groups (broad SMARTS) is 2. The van der Waals surface area contributed by atoms with E-state index in [-0.39, 0.29) is 13.0 Å². The van der Waals surface area contributed by atoms with Gasteiger partial charge in [0.05, 0.1) is 19.6 Å². The van der Waals surface area contributed by atoms with Gasteiger partial charge >= 0.3 is 11.9 Å². The zero-order valence-electron chi connectivity index (χ0n) is 13.5. The van der Waals surface area contributed by atoms with Crippen molar-refractivity contribution < 1.29 is 24.5 Å². The van der Waals surface area contributed by atoms with Crippen LogP contribution in [0.4, 0.5) is 0 Å². The van der Waals surface area contributed by atoms with Crippen LogP contribution in [-0.2, 0) is 20.9 Å². The van der Waals surface area contributed by atoms with Crippen LogP contribution in [-0.4, -0.2) is 57.9 Å². The van der Waals surface area contributed by atoms with Crippen LogP contribution in [0.15, 0.2) is 28.9 Å². The number of aromatic nitrogens is 1. The summed E-state index contributed by atoms with van der Waals surface area (Å²) in [6.07, 6.45) is 1.75. The molecule has 0 radical (unpaired) electrons. The molecule has 1 unspecified atom stereocenters. The Morgan fingerprint density at radius 2 is 1.96 bits per heavy atom. The molecule has 134 valence electrons. The topological polar surface area (TPSA) is 92.0 Å². The monoisotopic (exact) mass is 410 g/mol. The second kappa shape index (κ2) is 7.55. The number of halogens is 1. The third-order valence-electron chi connectivity index (χ3n) is 4.38. The third-order valence-corrected chi connectivity index (χ3v) is 4.87. The van der Waals surface area contributed by atoms with Gasteiger partial charge in [-0.1, -0.05) is 22.0 Å². The molecule has 1 aromatic carbocycles. The van der Waals surface area contributed by atoms with Gasteiger partial charge in [0.25, 0.3) is 0 Å². The van der Waals surface area contributed by atoms with Gasteiger partial charge in [0.15, 0.2) is 0 Å². The molecule has 1 aromatic heterocycles. The van der Waals surface area contributed by atoms with Crippen molar-refractivity contribution in [3.63, 3.8) is 0 Å². The lowest BCUT2D eigenvalue weighted by molar-refractivity contribution is -0.145. The quantitative estimate of drug-likeness (QED) is 0.758.